The molecule has 3 nitrogen and oxygen atoms in total. The highest BCUT2D eigenvalue weighted by molar-refractivity contribution is 5.76. The van der Waals surface area contributed by atoms with Gasteiger partial charge in [-0.25, -0.2) is 9.37 Å². The Balaban J connectivity index is 2.21. The second kappa shape index (κ2) is 4.30. The molecule has 1 aliphatic rings. The molecular formula is C15H20FN3. The largest absolute Gasteiger partial charge is 0.323 e. The molecule has 1 aliphatic carbocycles. The van der Waals surface area contributed by atoms with Crippen molar-refractivity contribution < 1.29 is 4.39 Å². The summed E-state index contributed by atoms with van der Waals surface area (Å²) in [6, 6.07) is 5.23. The lowest BCUT2D eigenvalue weighted by Crippen LogP contribution is -2.36. The first-order valence-corrected chi connectivity index (χ1v) is 7.00. The van der Waals surface area contributed by atoms with Gasteiger partial charge in [-0.05, 0) is 44.4 Å². The minimum absolute atomic E-state index is 0.213. The van der Waals surface area contributed by atoms with Crippen LogP contribution in [0.1, 0.15) is 51.4 Å². The topological polar surface area (TPSA) is 43.8 Å². The highest BCUT2D eigenvalue weighted by Gasteiger charge is 2.34. The summed E-state index contributed by atoms with van der Waals surface area (Å²) in [7, 11) is 0. The second-order valence-corrected chi connectivity index (χ2v) is 5.84. The average Bonchev–Trinajstić information content (AvgIpc) is 3.10. The zero-order valence-corrected chi connectivity index (χ0v) is 11.5. The van der Waals surface area contributed by atoms with Crippen molar-refractivity contribution in [2.75, 3.05) is 0 Å². The van der Waals surface area contributed by atoms with Gasteiger partial charge in [0.2, 0.25) is 0 Å². The second-order valence-electron chi connectivity index (χ2n) is 5.84. The molecule has 0 bridgehead atoms. The monoisotopic (exact) mass is 261 g/mol. The van der Waals surface area contributed by atoms with Gasteiger partial charge in [0.15, 0.2) is 0 Å². The van der Waals surface area contributed by atoms with E-state index in [0.29, 0.717) is 6.04 Å². The number of nitrogens with zero attached hydrogens (tertiary/aromatic N) is 2. The Hall–Kier alpha value is -1.42. The Bertz CT molecular complexity index is 611. The van der Waals surface area contributed by atoms with Crippen molar-refractivity contribution in [1.29, 1.82) is 0 Å². The molecule has 4 heteroatoms. The van der Waals surface area contributed by atoms with Gasteiger partial charge in [-0.2, -0.15) is 0 Å². The van der Waals surface area contributed by atoms with Gasteiger partial charge in [0.05, 0.1) is 16.6 Å². The van der Waals surface area contributed by atoms with Crippen LogP contribution in [0.15, 0.2) is 18.2 Å². The zero-order chi connectivity index (χ0) is 13.6. The molecule has 1 unspecified atom stereocenters. The first-order valence-electron chi connectivity index (χ1n) is 7.00. The van der Waals surface area contributed by atoms with E-state index in [1.165, 1.54) is 6.07 Å². The summed E-state index contributed by atoms with van der Waals surface area (Å²) in [6.45, 7) is 4.14. The van der Waals surface area contributed by atoms with Gasteiger partial charge in [-0.15, -0.1) is 0 Å². The van der Waals surface area contributed by atoms with Crippen LogP contribution in [-0.2, 0) is 5.54 Å². The number of rotatable bonds is 4. The van der Waals surface area contributed by atoms with E-state index < -0.39 is 5.54 Å². The Kier molecular flexibility index (Phi) is 2.86. The number of nitrogens with two attached hydrogens (primary N) is 1. The van der Waals surface area contributed by atoms with Crippen molar-refractivity contribution in [2.45, 2.75) is 51.1 Å². The van der Waals surface area contributed by atoms with Gasteiger partial charge < -0.3 is 10.3 Å². The van der Waals surface area contributed by atoms with E-state index in [9.17, 15) is 4.39 Å². The summed E-state index contributed by atoms with van der Waals surface area (Å²) in [5.41, 5.74) is 7.71. The summed E-state index contributed by atoms with van der Waals surface area (Å²) in [4.78, 5) is 4.68. The summed E-state index contributed by atoms with van der Waals surface area (Å²) in [6.07, 6.45) is 4.16. The highest BCUT2D eigenvalue weighted by atomic mass is 19.1. The number of hydrogen-bond acceptors (Lipinski definition) is 2. The molecule has 1 atom stereocenters. The molecule has 19 heavy (non-hydrogen) atoms. The molecule has 2 N–H and O–H groups in total. The van der Waals surface area contributed by atoms with E-state index >= 15 is 0 Å². The molecule has 1 saturated carbocycles. The molecule has 1 aromatic heterocycles. The minimum Gasteiger partial charge on any atom is -0.323 e. The standard InChI is InChI=1S/C15H20FN3/c1-3-8-15(2,17)14-18-12-7-4-10(16)9-13(12)19(14)11-5-6-11/h4,7,9,11H,3,5-6,8,17H2,1-2H3. The summed E-state index contributed by atoms with van der Waals surface area (Å²) >= 11 is 0. The lowest BCUT2D eigenvalue weighted by molar-refractivity contribution is 0.402. The Labute approximate surface area is 112 Å². The van der Waals surface area contributed by atoms with Crippen molar-refractivity contribution >= 4 is 11.0 Å². The maximum absolute atomic E-state index is 13.5. The third-order valence-electron chi connectivity index (χ3n) is 3.84. The third kappa shape index (κ3) is 2.14. The smallest absolute Gasteiger partial charge is 0.130 e. The predicted octanol–water partition coefficient (Wildman–Crippen LogP) is 3.48. The molecule has 1 fully saturated rings. The molecule has 0 aliphatic heterocycles. The van der Waals surface area contributed by atoms with Crippen LogP contribution in [0.3, 0.4) is 0 Å². The molecule has 0 amide bonds. The number of benzene rings is 1. The lowest BCUT2D eigenvalue weighted by Gasteiger charge is -2.24. The van der Waals surface area contributed by atoms with Gasteiger partial charge in [0, 0.05) is 6.04 Å². The maximum Gasteiger partial charge on any atom is 0.130 e. The van der Waals surface area contributed by atoms with Crippen LogP contribution in [0, 0.1) is 5.82 Å². The lowest BCUT2D eigenvalue weighted by atomic mass is 9.96. The van der Waals surface area contributed by atoms with Crippen LogP contribution in [0.4, 0.5) is 4.39 Å². The zero-order valence-electron chi connectivity index (χ0n) is 11.5. The molecule has 0 spiro atoms. The van der Waals surface area contributed by atoms with Crippen LogP contribution in [0.5, 0.6) is 0 Å². The molecule has 0 saturated heterocycles. The predicted molar refractivity (Wildman–Crippen MR) is 74.4 cm³/mol. The Morgan fingerprint density at radius 1 is 1.47 bits per heavy atom. The SMILES string of the molecule is CCCC(C)(N)c1nc2ccc(F)cc2n1C1CC1. The van der Waals surface area contributed by atoms with E-state index in [2.05, 4.69) is 16.5 Å². The fraction of sp³-hybridized carbons (Fsp3) is 0.533. The fourth-order valence-electron chi connectivity index (χ4n) is 2.80. The summed E-state index contributed by atoms with van der Waals surface area (Å²) < 4.78 is 15.6. The van der Waals surface area contributed by atoms with Crippen LogP contribution >= 0.6 is 0 Å². The summed E-state index contributed by atoms with van der Waals surface area (Å²) in [5.74, 6) is 0.688. The number of hydrogen-bond donors (Lipinski definition) is 1. The first kappa shape index (κ1) is 12.6. The van der Waals surface area contributed by atoms with E-state index in [1.807, 2.05) is 6.92 Å². The van der Waals surface area contributed by atoms with Gasteiger partial charge in [-0.1, -0.05) is 13.3 Å². The van der Waals surface area contributed by atoms with Gasteiger partial charge in [0.1, 0.15) is 11.6 Å². The quantitative estimate of drug-likeness (QED) is 0.915. The minimum atomic E-state index is -0.452. The van der Waals surface area contributed by atoms with Crippen molar-refractivity contribution in [1.82, 2.24) is 9.55 Å². The molecule has 3 rings (SSSR count). The van der Waals surface area contributed by atoms with Crippen molar-refractivity contribution in [2.24, 2.45) is 5.73 Å². The normalized spacial score (nSPS) is 18.7. The van der Waals surface area contributed by atoms with Gasteiger partial charge in [0.25, 0.3) is 0 Å². The maximum atomic E-state index is 13.5. The Morgan fingerprint density at radius 2 is 2.21 bits per heavy atom. The Morgan fingerprint density at radius 3 is 2.84 bits per heavy atom. The molecular weight excluding hydrogens is 241 g/mol. The molecule has 0 radical (unpaired) electrons. The van der Waals surface area contributed by atoms with Crippen molar-refractivity contribution in [3.05, 3.63) is 29.8 Å². The van der Waals surface area contributed by atoms with Crippen LogP contribution in [0.2, 0.25) is 0 Å². The number of aromatic nitrogens is 2. The van der Waals surface area contributed by atoms with Gasteiger partial charge in [-0.3, -0.25) is 0 Å². The number of halogens is 1. The first-order chi connectivity index (χ1) is 9.03. The third-order valence-corrected chi connectivity index (χ3v) is 3.84. The van der Waals surface area contributed by atoms with Crippen LogP contribution < -0.4 is 5.73 Å². The fourth-order valence-corrected chi connectivity index (χ4v) is 2.80. The van der Waals surface area contributed by atoms with E-state index in [0.717, 1.165) is 42.5 Å². The van der Waals surface area contributed by atoms with E-state index in [-0.39, 0.29) is 5.82 Å². The van der Waals surface area contributed by atoms with Crippen molar-refractivity contribution in [3.63, 3.8) is 0 Å². The molecule has 102 valence electrons. The van der Waals surface area contributed by atoms with E-state index in [4.69, 9.17) is 5.73 Å². The van der Waals surface area contributed by atoms with Crippen molar-refractivity contribution in [3.8, 4) is 0 Å². The molecule has 2 aromatic rings. The molecule has 1 aromatic carbocycles. The van der Waals surface area contributed by atoms with Gasteiger partial charge >= 0.3 is 0 Å². The van der Waals surface area contributed by atoms with Crippen LogP contribution in [-0.4, -0.2) is 9.55 Å². The van der Waals surface area contributed by atoms with Crippen LogP contribution in [0.25, 0.3) is 11.0 Å². The number of fused-ring (bicyclic) bond motifs is 1. The van der Waals surface area contributed by atoms with E-state index in [1.54, 1.807) is 12.1 Å². The highest BCUT2D eigenvalue weighted by Crippen LogP contribution is 2.41. The number of imidazole rings is 1. The summed E-state index contributed by atoms with van der Waals surface area (Å²) in [5, 5.41) is 0. The molecule has 1 heterocycles. The average molecular weight is 261 g/mol.